The lowest BCUT2D eigenvalue weighted by molar-refractivity contribution is 1.08. The second kappa shape index (κ2) is 15.3. The fourth-order valence-electron chi connectivity index (χ4n) is 9.47. The number of nitrogens with zero attached hydrogens (tertiary/aromatic N) is 4. The van der Waals surface area contributed by atoms with Crippen LogP contribution in [0.2, 0.25) is 0 Å². The maximum Gasteiger partial charge on any atom is 0.164 e. The number of benzene rings is 10. The first kappa shape index (κ1) is 37.0. The van der Waals surface area contributed by atoms with Crippen molar-refractivity contribution < 1.29 is 0 Å². The third-order valence-corrected chi connectivity index (χ3v) is 12.5. The topological polar surface area (TPSA) is 62.5 Å². The highest BCUT2D eigenvalue weighted by atomic mass is 15.0. The van der Waals surface area contributed by atoms with E-state index < -0.39 is 0 Å². The van der Waals surface area contributed by atoms with Crippen LogP contribution in [0.1, 0.15) is 5.56 Å². The van der Waals surface area contributed by atoms with Gasteiger partial charge in [-0.2, -0.15) is 5.26 Å². The minimum atomic E-state index is 0.582. The third kappa shape index (κ3) is 6.35. The summed E-state index contributed by atoms with van der Waals surface area (Å²) in [6.45, 7) is 0. The molecule has 0 atom stereocenters. The van der Waals surface area contributed by atoms with Gasteiger partial charge in [0.05, 0.1) is 11.6 Å². The normalized spacial score (nSPS) is 11.4. The monoisotopic (exact) mass is 812 g/mol. The Bertz CT molecular complexity index is 3670. The summed E-state index contributed by atoms with van der Waals surface area (Å²) >= 11 is 0. The van der Waals surface area contributed by atoms with E-state index in [2.05, 4.69) is 170 Å². The lowest BCUT2D eigenvalue weighted by Crippen LogP contribution is -2.00. The van der Waals surface area contributed by atoms with Crippen molar-refractivity contribution in [2.45, 2.75) is 0 Å². The van der Waals surface area contributed by atoms with Crippen LogP contribution in [0.4, 0.5) is 0 Å². The van der Waals surface area contributed by atoms with Crippen LogP contribution < -0.4 is 0 Å². The molecule has 0 N–H and O–H groups in total. The van der Waals surface area contributed by atoms with Gasteiger partial charge in [0.25, 0.3) is 0 Å². The molecular formula is C60H36N4. The minimum absolute atomic E-state index is 0.582. The molecule has 64 heavy (non-hydrogen) atoms. The number of fused-ring (bicyclic) bond motifs is 4. The lowest BCUT2D eigenvalue weighted by atomic mass is 9.87. The smallest absolute Gasteiger partial charge is 0.164 e. The average molecular weight is 813 g/mol. The van der Waals surface area contributed by atoms with Crippen LogP contribution in [0.3, 0.4) is 0 Å². The van der Waals surface area contributed by atoms with E-state index in [4.69, 9.17) is 15.0 Å². The van der Waals surface area contributed by atoms with Gasteiger partial charge < -0.3 is 0 Å². The molecule has 0 spiro atoms. The van der Waals surface area contributed by atoms with Gasteiger partial charge in [-0.05, 0) is 119 Å². The van der Waals surface area contributed by atoms with Crippen LogP contribution in [0.5, 0.6) is 0 Å². The Hall–Kier alpha value is -8.78. The van der Waals surface area contributed by atoms with Gasteiger partial charge in [-0.3, -0.25) is 0 Å². The number of hydrogen-bond acceptors (Lipinski definition) is 4. The van der Waals surface area contributed by atoms with Gasteiger partial charge in [0, 0.05) is 16.7 Å². The molecule has 1 heterocycles. The van der Waals surface area contributed by atoms with Gasteiger partial charge in [0.15, 0.2) is 17.5 Å². The maximum absolute atomic E-state index is 10.2. The van der Waals surface area contributed by atoms with Crippen molar-refractivity contribution in [1.82, 2.24) is 15.0 Å². The van der Waals surface area contributed by atoms with E-state index in [0.717, 1.165) is 72.0 Å². The molecule has 12 rings (SSSR count). The first-order chi connectivity index (χ1) is 31.7. The van der Waals surface area contributed by atoms with Crippen molar-refractivity contribution in [2.24, 2.45) is 0 Å². The fourth-order valence-corrected chi connectivity index (χ4v) is 9.47. The molecule has 0 saturated heterocycles. The Morgan fingerprint density at radius 2 is 0.781 bits per heavy atom. The van der Waals surface area contributed by atoms with Gasteiger partial charge in [-0.1, -0.05) is 188 Å². The van der Waals surface area contributed by atoms with Gasteiger partial charge >= 0.3 is 0 Å². The average Bonchev–Trinajstić information content (AvgIpc) is 3.70. The molecule has 10 aromatic carbocycles. The molecule has 0 unspecified atom stereocenters. The molecule has 0 fully saturated rings. The van der Waals surface area contributed by atoms with E-state index in [1.54, 1.807) is 0 Å². The summed E-state index contributed by atoms with van der Waals surface area (Å²) in [4.78, 5) is 15.3. The Labute approximate surface area is 371 Å². The molecule has 1 aliphatic carbocycles. The molecule has 296 valence electrons. The zero-order valence-electron chi connectivity index (χ0n) is 34.6. The molecule has 4 heteroatoms. The second-order valence-corrected chi connectivity index (χ2v) is 16.2. The molecule has 4 nitrogen and oxygen atoms in total. The second-order valence-electron chi connectivity index (χ2n) is 16.2. The summed E-state index contributed by atoms with van der Waals surface area (Å²) in [5, 5.41) is 15.0. The van der Waals surface area contributed by atoms with Crippen LogP contribution in [0.25, 0.3) is 122 Å². The first-order valence-corrected chi connectivity index (χ1v) is 21.5. The molecule has 0 radical (unpaired) electrons. The predicted molar refractivity (Wildman–Crippen MR) is 262 cm³/mol. The van der Waals surface area contributed by atoms with Crippen molar-refractivity contribution in [3.05, 3.63) is 224 Å². The van der Waals surface area contributed by atoms with E-state index in [1.165, 1.54) is 33.0 Å². The largest absolute Gasteiger partial charge is 0.208 e. The zero-order chi connectivity index (χ0) is 42.6. The van der Waals surface area contributed by atoms with Crippen molar-refractivity contribution in [3.63, 3.8) is 0 Å². The van der Waals surface area contributed by atoms with E-state index >= 15 is 0 Å². The fraction of sp³-hybridized carbons (Fsp3) is 0. The predicted octanol–water partition coefficient (Wildman–Crippen LogP) is 15.4. The van der Waals surface area contributed by atoms with Crippen LogP contribution in [0, 0.1) is 11.3 Å². The summed E-state index contributed by atoms with van der Waals surface area (Å²) < 4.78 is 0. The number of hydrogen-bond donors (Lipinski definition) is 0. The highest BCUT2D eigenvalue weighted by Gasteiger charge is 2.23. The van der Waals surface area contributed by atoms with Gasteiger partial charge in [0.1, 0.15) is 0 Å². The summed E-state index contributed by atoms with van der Waals surface area (Å²) in [5.74, 6) is 1.80. The standard InChI is InChI=1S/C60H36N4/c61-37-38-27-30-48(43-21-9-22-46(34-43)59-62-58(42-16-5-2-6-17-42)63-60(64-59)53-26-10-18-39-15-7-8-23-47(39)53)54(33-38)45-28-31-49(55(35-45)40-13-3-1-4-14-40)44-29-32-50-51-24-11-19-41-20-12-25-52(57(41)51)56(50)36-44/h1-36H. The molecule has 1 aliphatic rings. The molecule has 0 aliphatic heterocycles. The molecule has 0 bridgehead atoms. The summed E-state index contributed by atoms with van der Waals surface area (Å²) in [7, 11) is 0. The van der Waals surface area contributed by atoms with Crippen LogP contribution >= 0.6 is 0 Å². The Morgan fingerprint density at radius 1 is 0.281 bits per heavy atom. The summed E-state index contributed by atoms with van der Waals surface area (Å²) in [5.41, 5.74) is 16.9. The van der Waals surface area contributed by atoms with Gasteiger partial charge in [0.2, 0.25) is 0 Å². The van der Waals surface area contributed by atoms with E-state index in [0.29, 0.717) is 23.0 Å². The molecule has 0 saturated carbocycles. The highest BCUT2D eigenvalue weighted by molar-refractivity contribution is 6.16. The first-order valence-electron chi connectivity index (χ1n) is 21.5. The van der Waals surface area contributed by atoms with E-state index in [1.807, 2.05) is 54.6 Å². The van der Waals surface area contributed by atoms with Crippen molar-refractivity contribution in [3.8, 4) is 107 Å². The molecule has 1 aromatic heterocycles. The number of rotatable bonds is 7. The lowest BCUT2D eigenvalue weighted by Gasteiger charge is -2.17. The Morgan fingerprint density at radius 3 is 1.55 bits per heavy atom. The highest BCUT2D eigenvalue weighted by Crippen LogP contribution is 2.49. The Balaban J connectivity index is 0.993. The number of nitriles is 1. The van der Waals surface area contributed by atoms with Crippen LogP contribution in [-0.2, 0) is 0 Å². The minimum Gasteiger partial charge on any atom is -0.208 e. The summed E-state index contributed by atoms with van der Waals surface area (Å²) in [6, 6.07) is 78.8. The van der Waals surface area contributed by atoms with Crippen LogP contribution in [-0.4, -0.2) is 15.0 Å². The third-order valence-electron chi connectivity index (χ3n) is 12.5. The number of aromatic nitrogens is 3. The van der Waals surface area contributed by atoms with Crippen molar-refractivity contribution >= 4 is 21.5 Å². The Kier molecular flexibility index (Phi) is 8.84. The molecule has 11 aromatic rings. The van der Waals surface area contributed by atoms with Crippen molar-refractivity contribution in [1.29, 1.82) is 5.26 Å². The molecular weight excluding hydrogens is 777 g/mol. The zero-order valence-corrected chi connectivity index (χ0v) is 34.6. The van der Waals surface area contributed by atoms with Crippen LogP contribution in [0.15, 0.2) is 218 Å². The van der Waals surface area contributed by atoms with Gasteiger partial charge in [-0.25, -0.2) is 15.0 Å². The van der Waals surface area contributed by atoms with Crippen molar-refractivity contribution in [2.75, 3.05) is 0 Å². The summed E-state index contributed by atoms with van der Waals surface area (Å²) in [6.07, 6.45) is 0. The van der Waals surface area contributed by atoms with E-state index in [9.17, 15) is 5.26 Å². The quantitative estimate of drug-likeness (QED) is 0.161. The molecule has 0 amide bonds. The van der Waals surface area contributed by atoms with Gasteiger partial charge in [-0.15, -0.1) is 0 Å². The maximum atomic E-state index is 10.2. The van der Waals surface area contributed by atoms with E-state index in [-0.39, 0.29) is 0 Å². The SMILES string of the molecule is N#Cc1ccc(-c2cccc(-c3nc(-c4ccccc4)nc(-c4cccc5ccccc45)n3)c2)c(-c2ccc(-c3ccc4c(c3)-c3cccc5cccc-4c35)c(-c3ccccc3)c2)c1.